The summed E-state index contributed by atoms with van der Waals surface area (Å²) >= 11 is 0. The maximum atomic E-state index is 11.3. The van der Waals surface area contributed by atoms with Crippen molar-refractivity contribution in [3.63, 3.8) is 0 Å². The van der Waals surface area contributed by atoms with Crippen LogP contribution in [0.2, 0.25) is 0 Å². The highest BCUT2D eigenvalue weighted by molar-refractivity contribution is 5.88. The fraction of sp³-hybridized carbons (Fsp3) is 0.385. The molecule has 1 heterocycles. The van der Waals surface area contributed by atoms with Crippen molar-refractivity contribution in [3.8, 4) is 0 Å². The van der Waals surface area contributed by atoms with E-state index < -0.39 is 0 Å². The summed E-state index contributed by atoms with van der Waals surface area (Å²) in [6.45, 7) is 8.28. The molecule has 1 aromatic rings. The van der Waals surface area contributed by atoms with Crippen LogP contribution in [0.5, 0.6) is 0 Å². The van der Waals surface area contributed by atoms with Gasteiger partial charge in [0.2, 0.25) is 0 Å². The van der Waals surface area contributed by atoms with Gasteiger partial charge in [0.15, 0.2) is 0 Å². The lowest BCUT2D eigenvalue weighted by Crippen LogP contribution is -2.24. The largest absolute Gasteiger partial charge is 0.463 e. The van der Waals surface area contributed by atoms with E-state index in [0.717, 1.165) is 5.56 Å². The molecular formula is C13H18N2O2. The second-order valence-electron chi connectivity index (χ2n) is 3.71. The average molecular weight is 234 g/mol. The lowest BCUT2D eigenvalue weighted by atomic mass is 10.1. The molecule has 0 aliphatic heterocycles. The Morgan fingerprint density at radius 3 is 2.76 bits per heavy atom. The topological polar surface area (TPSA) is 51.2 Å². The molecule has 0 bridgehead atoms. The van der Waals surface area contributed by atoms with Crippen molar-refractivity contribution in [1.29, 1.82) is 0 Å². The van der Waals surface area contributed by atoms with Crippen LogP contribution in [0.25, 0.3) is 0 Å². The Morgan fingerprint density at radius 1 is 1.53 bits per heavy atom. The van der Waals surface area contributed by atoms with Gasteiger partial charge in [0.25, 0.3) is 0 Å². The van der Waals surface area contributed by atoms with Gasteiger partial charge in [-0.3, -0.25) is 4.98 Å². The van der Waals surface area contributed by atoms with Gasteiger partial charge in [0.05, 0.1) is 6.61 Å². The third-order valence-corrected chi connectivity index (χ3v) is 2.39. The van der Waals surface area contributed by atoms with Gasteiger partial charge >= 0.3 is 5.97 Å². The van der Waals surface area contributed by atoms with Gasteiger partial charge in [0.1, 0.15) is 0 Å². The lowest BCUT2D eigenvalue weighted by Gasteiger charge is -2.14. The zero-order chi connectivity index (χ0) is 12.7. The first-order valence-corrected chi connectivity index (χ1v) is 5.63. The van der Waals surface area contributed by atoms with Gasteiger partial charge < -0.3 is 10.1 Å². The Labute approximate surface area is 102 Å². The van der Waals surface area contributed by atoms with E-state index in [1.807, 2.05) is 19.1 Å². The van der Waals surface area contributed by atoms with E-state index in [1.165, 1.54) is 0 Å². The summed E-state index contributed by atoms with van der Waals surface area (Å²) in [6.07, 6.45) is 3.49. The van der Waals surface area contributed by atoms with Gasteiger partial charge in [-0.15, -0.1) is 0 Å². The highest BCUT2D eigenvalue weighted by Gasteiger charge is 2.10. The Balaban J connectivity index is 2.41. The van der Waals surface area contributed by atoms with Gasteiger partial charge in [-0.25, -0.2) is 4.79 Å². The molecule has 4 heteroatoms. The highest BCUT2D eigenvalue weighted by atomic mass is 16.5. The average Bonchev–Trinajstić information content (AvgIpc) is 2.36. The number of rotatable bonds is 6. The zero-order valence-corrected chi connectivity index (χ0v) is 10.3. The quantitative estimate of drug-likeness (QED) is 0.603. The van der Waals surface area contributed by atoms with Crippen LogP contribution in [0.3, 0.4) is 0 Å². The van der Waals surface area contributed by atoms with Crippen LogP contribution >= 0.6 is 0 Å². The molecule has 0 aliphatic rings. The van der Waals surface area contributed by atoms with Crippen molar-refractivity contribution in [2.45, 2.75) is 19.9 Å². The molecule has 0 saturated carbocycles. The van der Waals surface area contributed by atoms with Gasteiger partial charge in [-0.05, 0) is 31.5 Å². The molecule has 0 fully saturated rings. The molecule has 0 spiro atoms. The van der Waals surface area contributed by atoms with Crippen LogP contribution in [0.15, 0.2) is 36.7 Å². The van der Waals surface area contributed by atoms with Crippen LogP contribution in [-0.4, -0.2) is 24.1 Å². The molecule has 0 saturated heterocycles. The molecule has 4 nitrogen and oxygen atoms in total. The smallest absolute Gasteiger partial charge is 0.334 e. The summed E-state index contributed by atoms with van der Waals surface area (Å²) in [4.78, 5) is 15.3. The second-order valence-corrected chi connectivity index (χ2v) is 3.71. The SMILES string of the molecule is C=C(CN[C@H](C)c1ccncc1)C(=O)OCC. The maximum absolute atomic E-state index is 11.3. The minimum absolute atomic E-state index is 0.143. The number of carbonyl (C=O) groups is 1. The number of pyridine rings is 1. The molecule has 17 heavy (non-hydrogen) atoms. The molecule has 0 aliphatic carbocycles. The molecule has 0 amide bonds. The molecule has 1 atom stereocenters. The van der Waals surface area contributed by atoms with E-state index in [-0.39, 0.29) is 12.0 Å². The van der Waals surface area contributed by atoms with E-state index >= 15 is 0 Å². The molecule has 92 valence electrons. The summed E-state index contributed by atoms with van der Waals surface area (Å²) in [5.74, 6) is -0.345. The van der Waals surface area contributed by atoms with Crippen molar-refractivity contribution in [2.75, 3.05) is 13.2 Å². The summed E-state index contributed by atoms with van der Waals surface area (Å²) in [7, 11) is 0. The molecule has 0 radical (unpaired) electrons. The number of nitrogens with one attached hydrogen (secondary N) is 1. The normalized spacial score (nSPS) is 11.9. The van der Waals surface area contributed by atoms with Crippen LogP contribution in [0.4, 0.5) is 0 Å². The first-order valence-electron chi connectivity index (χ1n) is 5.63. The Hall–Kier alpha value is -1.68. The minimum atomic E-state index is -0.345. The van der Waals surface area contributed by atoms with Gasteiger partial charge in [-0.1, -0.05) is 6.58 Å². The number of hydrogen-bond donors (Lipinski definition) is 1. The molecule has 0 aromatic carbocycles. The van der Waals surface area contributed by atoms with Gasteiger partial charge in [0, 0.05) is 30.6 Å². The highest BCUT2D eigenvalue weighted by Crippen LogP contribution is 2.10. The Bertz CT molecular complexity index is 376. The Morgan fingerprint density at radius 2 is 2.18 bits per heavy atom. The standard InChI is InChI=1S/C13H18N2O2/c1-4-17-13(16)10(2)9-15-11(3)12-5-7-14-8-6-12/h5-8,11,15H,2,4,9H2,1,3H3/t11-/m1/s1. The van der Waals surface area contributed by atoms with Crippen LogP contribution < -0.4 is 5.32 Å². The summed E-state index contributed by atoms with van der Waals surface area (Å²) in [5, 5.41) is 3.21. The summed E-state index contributed by atoms with van der Waals surface area (Å²) < 4.78 is 4.85. The third kappa shape index (κ3) is 4.36. The van der Waals surface area contributed by atoms with Crippen LogP contribution in [0, 0.1) is 0 Å². The summed E-state index contributed by atoms with van der Waals surface area (Å²) in [6, 6.07) is 4.01. The van der Waals surface area contributed by atoms with Crippen molar-refractivity contribution in [2.24, 2.45) is 0 Å². The number of ether oxygens (including phenoxy) is 1. The van der Waals surface area contributed by atoms with E-state index in [2.05, 4.69) is 16.9 Å². The van der Waals surface area contributed by atoms with Crippen LogP contribution in [-0.2, 0) is 9.53 Å². The van der Waals surface area contributed by atoms with Crippen molar-refractivity contribution in [1.82, 2.24) is 10.3 Å². The minimum Gasteiger partial charge on any atom is -0.463 e. The van der Waals surface area contributed by atoms with E-state index in [4.69, 9.17) is 4.74 Å². The number of carbonyl (C=O) groups excluding carboxylic acids is 1. The number of hydrogen-bond acceptors (Lipinski definition) is 4. The van der Waals surface area contributed by atoms with E-state index in [1.54, 1.807) is 19.3 Å². The maximum Gasteiger partial charge on any atom is 0.334 e. The molecule has 1 rings (SSSR count). The monoisotopic (exact) mass is 234 g/mol. The first kappa shape index (κ1) is 13.4. The molecule has 1 aromatic heterocycles. The van der Waals surface area contributed by atoms with Crippen molar-refractivity contribution in [3.05, 3.63) is 42.2 Å². The number of esters is 1. The zero-order valence-electron chi connectivity index (χ0n) is 10.3. The fourth-order valence-electron chi connectivity index (χ4n) is 1.35. The first-order chi connectivity index (χ1) is 8.15. The number of aromatic nitrogens is 1. The van der Waals surface area contributed by atoms with E-state index in [9.17, 15) is 4.79 Å². The fourth-order valence-corrected chi connectivity index (χ4v) is 1.35. The Kier molecular flexibility index (Phi) is 5.36. The molecular weight excluding hydrogens is 216 g/mol. The van der Waals surface area contributed by atoms with Crippen LogP contribution in [0.1, 0.15) is 25.5 Å². The van der Waals surface area contributed by atoms with Crippen molar-refractivity contribution >= 4 is 5.97 Å². The predicted octanol–water partition coefficient (Wildman–Crippen LogP) is 1.85. The lowest BCUT2D eigenvalue weighted by molar-refractivity contribution is -0.138. The second kappa shape index (κ2) is 6.81. The number of nitrogens with zero attached hydrogens (tertiary/aromatic N) is 1. The summed E-state index contributed by atoms with van der Waals surface area (Å²) in [5.41, 5.74) is 1.56. The predicted molar refractivity (Wildman–Crippen MR) is 66.4 cm³/mol. The van der Waals surface area contributed by atoms with Gasteiger partial charge in [-0.2, -0.15) is 0 Å². The van der Waals surface area contributed by atoms with Crippen molar-refractivity contribution < 1.29 is 9.53 Å². The third-order valence-electron chi connectivity index (χ3n) is 2.39. The molecule has 1 N–H and O–H groups in total. The van der Waals surface area contributed by atoms with E-state index in [0.29, 0.717) is 18.7 Å². The molecule has 0 unspecified atom stereocenters.